The lowest BCUT2D eigenvalue weighted by molar-refractivity contribution is 0.313. The largest absolute Gasteiger partial charge is 0.397 e. The van der Waals surface area contributed by atoms with E-state index in [1.807, 2.05) is 18.3 Å². The standard InChI is InChI=1S/C18H25N3/c1-2-15(13-7-4-3-5-8-13)21-17-11-10-16-14(18(17)19)9-6-12-20-16/h6,9-13,15,21H,2-5,7-8,19H2,1H3. The molecular weight excluding hydrogens is 258 g/mol. The zero-order chi connectivity index (χ0) is 14.7. The highest BCUT2D eigenvalue weighted by Crippen LogP contribution is 2.33. The van der Waals surface area contributed by atoms with Gasteiger partial charge in [0.1, 0.15) is 0 Å². The van der Waals surface area contributed by atoms with E-state index in [1.54, 1.807) is 0 Å². The predicted molar refractivity (Wildman–Crippen MR) is 90.4 cm³/mol. The van der Waals surface area contributed by atoms with Gasteiger partial charge in [-0.2, -0.15) is 0 Å². The second-order valence-electron chi connectivity index (χ2n) is 6.15. The molecule has 112 valence electrons. The van der Waals surface area contributed by atoms with Crippen molar-refractivity contribution in [3.63, 3.8) is 0 Å². The Morgan fingerprint density at radius 1 is 1.24 bits per heavy atom. The smallest absolute Gasteiger partial charge is 0.0724 e. The van der Waals surface area contributed by atoms with Gasteiger partial charge >= 0.3 is 0 Å². The number of nitrogen functional groups attached to an aromatic ring is 1. The van der Waals surface area contributed by atoms with E-state index in [2.05, 4.69) is 29.4 Å². The molecule has 1 atom stereocenters. The minimum atomic E-state index is 0.529. The first-order valence-electron chi connectivity index (χ1n) is 8.19. The Kier molecular flexibility index (Phi) is 4.28. The topological polar surface area (TPSA) is 50.9 Å². The van der Waals surface area contributed by atoms with Crippen LogP contribution in [0.5, 0.6) is 0 Å². The third-order valence-corrected chi connectivity index (χ3v) is 4.83. The summed E-state index contributed by atoms with van der Waals surface area (Å²) in [5.41, 5.74) is 9.20. The van der Waals surface area contributed by atoms with Crippen molar-refractivity contribution in [1.29, 1.82) is 0 Å². The number of aromatic nitrogens is 1. The van der Waals surface area contributed by atoms with Gasteiger partial charge in [0.25, 0.3) is 0 Å². The Morgan fingerprint density at radius 2 is 2.05 bits per heavy atom. The first kappa shape index (κ1) is 14.2. The third kappa shape index (κ3) is 2.97. The predicted octanol–water partition coefficient (Wildman–Crippen LogP) is 4.59. The van der Waals surface area contributed by atoms with Gasteiger partial charge in [0.15, 0.2) is 0 Å². The molecule has 2 aromatic rings. The number of rotatable bonds is 4. The number of fused-ring (bicyclic) bond motifs is 1. The van der Waals surface area contributed by atoms with Gasteiger partial charge in [0.05, 0.1) is 16.9 Å². The molecule has 1 heterocycles. The van der Waals surface area contributed by atoms with Crippen molar-refractivity contribution in [2.75, 3.05) is 11.1 Å². The highest BCUT2D eigenvalue weighted by atomic mass is 14.9. The van der Waals surface area contributed by atoms with E-state index in [9.17, 15) is 0 Å². The number of nitrogens with two attached hydrogens (primary N) is 1. The number of nitrogens with zero attached hydrogens (tertiary/aromatic N) is 1. The van der Waals surface area contributed by atoms with Crippen molar-refractivity contribution < 1.29 is 0 Å². The van der Waals surface area contributed by atoms with Crippen LogP contribution < -0.4 is 11.1 Å². The van der Waals surface area contributed by atoms with E-state index >= 15 is 0 Å². The summed E-state index contributed by atoms with van der Waals surface area (Å²) in [5.74, 6) is 0.785. The number of pyridine rings is 1. The minimum absolute atomic E-state index is 0.529. The summed E-state index contributed by atoms with van der Waals surface area (Å²) < 4.78 is 0. The van der Waals surface area contributed by atoms with Gasteiger partial charge in [-0.25, -0.2) is 0 Å². The number of anilines is 2. The molecule has 1 aliphatic rings. The molecule has 1 aromatic carbocycles. The number of nitrogens with one attached hydrogen (secondary N) is 1. The maximum absolute atomic E-state index is 6.35. The molecule has 3 N–H and O–H groups in total. The SMILES string of the molecule is CCC(Nc1ccc2ncccc2c1N)C1CCCCC1. The maximum Gasteiger partial charge on any atom is 0.0724 e. The lowest BCUT2D eigenvalue weighted by Gasteiger charge is -2.31. The Bertz CT molecular complexity index is 602. The van der Waals surface area contributed by atoms with Crippen molar-refractivity contribution in [3.8, 4) is 0 Å². The van der Waals surface area contributed by atoms with Crippen molar-refractivity contribution in [2.45, 2.75) is 51.5 Å². The Morgan fingerprint density at radius 3 is 2.81 bits per heavy atom. The molecule has 3 heteroatoms. The first-order valence-corrected chi connectivity index (χ1v) is 8.19. The van der Waals surface area contributed by atoms with E-state index in [1.165, 1.54) is 32.1 Å². The van der Waals surface area contributed by atoms with E-state index in [0.717, 1.165) is 34.6 Å². The summed E-state index contributed by atoms with van der Waals surface area (Å²) in [5, 5.41) is 4.75. The maximum atomic E-state index is 6.35. The highest BCUT2D eigenvalue weighted by molar-refractivity contribution is 5.96. The second kappa shape index (κ2) is 6.33. The Balaban J connectivity index is 1.84. The summed E-state index contributed by atoms with van der Waals surface area (Å²) in [6.45, 7) is 2.27. The number of hydrogen-bond acceptors (Lipinski definition) is 3. The summed E-state index contributed by atoms with van der Waals surface area (Å²) in [7, 11) is 0. The molecule has 1 aromatic heterocycles. The number of hydrogen-bond donors (Lipinski definition) is 2. The van der Waals surface area contributed by atoms with Crippen molar-refractivity contribution in [2.24, 2.45) is 5.92 Å². The number of benzene rings is 1. The summed E-state index contributed by atoms with van der Waals surface area (Å²) in [6, 6.07) is 8.66. The van der Waals surface area contributed by atoms with Crippen molar-refractivity contribution >= 4 is 22.3 Å². The lowest BCUT2D eigenvalue weighted by Crippen LogP contribution is -2.30. The summed E-state index contributed by atoms with van der Waals surface area (Å²) in [6.07, 6.45) is 9.80. The third-order valence-electron chi connectivity index (χ3n) is 4.83. The van der Waals surface area contributed by atoms with Crippen LogP contribution in [0.3, 0.4) is 0 Å². The molecular formula is C18H25N3. The normalized spacial score (nSPS) is 17.8. The molecule has 1 unspecified atom stereocenters. The molecule has 0 saturated heterocycles. The molecule has 3 rings (SSSR count). The van der Waals surface area contributed by atoms with Crippen LogP contribution >= 0.6 is 0 Å². The van der Waals surface area contributed by atoms with Crippen molar-refractivity contribution in [3.05, 3.63) is 30.5 Å². The van der Waals surface area contributed by atoms with Crippen LogP contribution in [0.4, 0.5) is 11.4 Å². The van der Waals surface area contributed by atoms with Crippen molar-refractivity contribution in [1.82, 2.24) is 4.98 Å². The molecule has 21 heavy (non-hydrogen) atoms. The summed E-state index contributed by atoms with van der Waals surface area (Å²) >= 11 is 0. The quantitative estimate of drug-likeness (QED) is 0.807. The fourth-order valence-corrected chi connectivity index (χ4v) is 3.59. The van der Waals surface area contributed by atoms with Crippen LogP contribution in [-0.4, -0.2) is 11.0 Å². The van der Waals surface area contributed by atoms with E-state index in [4.69, 9.17) is 5.73 Å². The molecule has 1 fully saturated rings. The van der Waals surface area contributed by atoms with Crippen LogP contribution in [0.2, 0.25) is 0 Å². The second-order valence-corrected chi connectivity index (χ2v) is 6.15. The van der Waals surface area contributed by atoms with Gasteiger partial charge in [-0.15, -0.1) is 0 Å². The van der Waals surface area contributed by atoms with E-state index < -0.39 is 0 Å². The van der Waals surface area contributed by atoms with Crippen LogP contribution in [-0.2, 0) is 0 Å². The van der Waals surface area contributed by atoms with Gasteiger partial charge in [0, 0.05) is 17.6 Å². The fourth-order valence-electron chi connectivity index (χ4n) is 3.59. The van der Waals surface area contributed by atoms with Crippen LogP contribution in [0.1, 0.15) is 45.4 Å². The van der Waals surface area contributed by atoms with Gasteiger partial charge < -0.3 is 11.1 Å². The van der Waals surface area contributed by atoms with Crippen LogP contribution in [0.15, 0.2) is 30.5 Å². The average molecular weight is 283 g/mol. The monoisotopic (exact) mass is 283 g/mol. The zero-order valence-corrected chi connectivity index (χ0v) is 12.8. The summed E-state index contributed by atoms with van der Waals surface area (Å²) in [4.78, 5) is 4.36. The molecule has 0 amide bonds. The Hall–Kier alpha value is -1.77. The molecule has 0 aliphatic heterocycles. The molecule has 1 saturated carbocycles. The fraction of sp³-hybridized carbons (Fsp3) is 0.500. The van der Waals surface area contributed by atoms with Gasteiger partial charge in [-0.3, -0.25) is 4.98 Å². The Labute approximate surface area is 127 Å². The first-order chi connectivity index (χ1) is 10.3. The van der Waals surface area contributed by atoms with E-state index in [-0.39, 0.29) is 0 Å². The average Bonchev–Trinajstić information content (AvgIpc) is 2.55. The van der Waals surface area contributed by atoms with E-state index in [0.29, 0.717) is 6.04 Å². The molecule has 0 bridgehead atoms. The zero-order valence-electron chi connectivity index (χ0n) is 12.8. The van der Waals surface area contributed by atoms with Crippen LogP contribution in [0.25, 0.3) is 10.9 Å². The molecule has 0 spiro atoms. The molecule has 3 nitrogen and oxygen atoms in total. The van der Waals surface area contributed by atoms with Gasteiger partial charge in [-0.05, 0) is 49.4 Å². The van der Waals surface area contributed by atoms with Gasteiger partial charge in [0.2, 0.25) is 0 Å². The molecule has 1 aliphatic carbocycles. The lowest BCUT2D eigenvalue weighted by atomic mass is 9.83. The van der Waals surface area contributed by atoms with Crippen LogP contribution in [0, 0.1) is 5.92 Å². The van der Waals surface area contributed by atoms with Gasteiger partial charge in [-0.1, -0.05) is 26.2 Å². The minimum Gasteiger partial charge on any atom is -0.397 e. The molecule has 0 radical (unpaired) electrons. The highest BCUT2D eigenvalue weighted by Gasteiger charge is 2.22.